The normalized spacial score (nSPS) is 10.9. The average Bonchev–Trinajstić information content (AvgIpc) is 2.50. The smallest absolute Gasteiger partial charge is 0.122 e. The highest BCUT2D eigenvalue weighted by Gasteiger charge is 1.93. The molecular weight excluding hydrogens is 280 g/mol. The largest absolute Gasteiger partial charge is 0.379 e. The summed E-state index contributed by atoms with van der Waals surface area (Å²) in [6.07, 6.45) is 1.26. The standard InChI is InChI=1S/C13H28N2O6/c14-15-2-5-18-7-9-20-11-13-21-12-10-19-8-6-17-4-1-3-16/h3,15H,1-2,4-14H2. The lowest BCUT2D eigenvalue weighted by molar-refractivity contribution is -0.108. The van der Waals surface area contributed by atoms with Crippen molar-refractivity contribution in [1.29, 1.82) is 0 Å². The van der Waals surface area contributed by atoms with E-state index in [0.29, 0.717) is 79.0 Å². The quantitative estimate of drug-likeness (QED) is 0.146. The van der Waals surface area contributed by atoms with Crippen molar-refractivity contribution in [3.63, 3.8) is 0 Å². The fourth-order valence-corrected chi connectivity index (χ4v) is 1.24. The number of hydrazine groups is 1. The van der Waals surface area contributed by atoms with Crippen LogP contribution in [-0.4, -0.2) is 78.9 Å². The first-order valence-corrected chi connectivity index (χ1v) is 7.17. The molecule has 0 aliphatic heterocycles. The molecule has 0 heterocycles. The molecule has 0 fully saturated rings. The first kappa shape index (κ1) is 20.4. The summed E-state index contributed by atoms with van der Waals surface area (Å²) in [5.41, 5.74) is 2.50. The minimum absolute atomic E-state index is 0.429. The Hall–Kier alpha value is -0.610. The molecule has 0 rings (SSSR count). The van der Waals surface area contributed by atoms with Gasteiger partial charge in [0, 0.05) is 13.0 Å². The summed E-state index contributed by atoms with van der Waals surface area (Å²) >= 11 is 0. The highest BCUT2D eigenvalue weighted by atomic mass is 16.6. The van der Waals surface area contributed by atoms with Crippen molar-refractivity contribution in [1.82, 2.24) is 5.43 Å². The molecule has 0 atom stereocenters. The molecular formula is C13H28N2O6. The van der Waals surface area contributed by atoms with Gasteiger partial charge in [-0.3, -0.25) is 11.3 Å². The Labute approximate surface area is 126 Å². The second-order valence-electron chi connectivity index (χ2n) is 3.97. The summed E-state index contributed by atoms with van der Waals surface area (Å²) in [5, 5.41) is 0. The zero-order valence-electron chi connectivity index (χ0n) is 12.6. The maximum Gasteiger partial charge on any atom is 0.122 e. The molecule has 0 bridgehead atoms. The van der Waals surface area contributed by atoms with E-state index >= 15 is 0 Å². The first-order valence-electron chi connectivity index (χ1n) is 7.17. The van der Waals surface area contributed by atoms with Crippen LogP contribution in [0.3, 0.4) is 0 Å². The predicted octanol–water partition coefficient (Wildman–Crippen LogP) is -0.878. The predicted molar refractivity (Wildman–Crippen MR) is 77.0 cm³/mol. The fourth-order valence-electron chi connectivity index (χ4n) is 1.24. The second kappa shape index (κ2) is 19.4. The molecule has 8 heteroatoms. The molecule has 0 aromatic carbocycles. The van der Waals surface area contributed by atoms with Crippen LogP contribution >= 0.6 is 0 Å². The zero-order chi connectivity index (χ0) is 15.4. The van der Waals surface area contributed by atoms with E-state index in [9.17, 15) is 4.79 Å². The summed E-state index contributed by atoms with van der Waals surface area (Å²) in [7, 11) is 0. The lowest BCUT2D eigenvalue weighted by Crippen LogP contribution is -2.26. The third kappa shape index (κ3) is 19.4. The van der Waals surface area contributed by atoms with Gasteiger partial charge in [-0.05, 0) is 0 Å². The maximum absolute atomic E-state index is 10.0. The van der Waals surface area contributed by atoms with Crippen molar-refractivity contribution < 1.29 is 28.5 Å². The van der Waals surface area contributed by atoms with Crippen LogP contribution in [0.15, 0.2) is 0 Å². The van der Waals surface area contributed by atoms with E-state index in [1.165, 1.54) is 0 Å². The molecule has 0 aromatic rings. The van der Waals surface area contributed by atoms with Crippen LogP contribution in [0.2, 0.25) is 0 Å². The van der Waals surface area contributed by atoms with Crippen molar-refractivity contribution in [2.24, 2.45) is 5.84 Å². The summed E-state index contributed by atoms with van der Waals surface area (Å²) < 4.78 is 26.3. The van der Waals surface area contributed by atoms with Crippen molar-refractivity contribution in [2.45, 2.75) is 6.42 Å². The number of rotatable bonds is 18. The van der Waals surface area contributed by atoms with Gasteiger partial charge in [0.15, 0.2) is 0 Å². The first-order chi connectivity index (χ1) is 10.4. The number of ether oxygens (including phenoxy) is 5. The van der Waals surface area contributed by atoms with Gasteiger partial charge in [0.05, 0.1) is 66.1 Å². The van der Waals surface area contributed by atoms with Gasteiger partial charge < -0.3 is 28.5 Å². The summed E-state index contributed by atoms with van der Waals surface area (Å²) in [4.78, 5) is 10.0. The summed E-state index contributed by atoms with van der Waals surface area (Å²) in [5.74, 6) is 5.09. The Morgan fingerprint density at radius 3 is 1.43 bits per heavy atom. The van der Waals surface area contributed by atoms with Gasteiger partial charge >= 0.3 is 0 Å². The molecule has 0 saturated carbocycles. The summed E-state index contributed by atoms with van der Waals surface area (Å²) in [6, 6.07) is 0. The van der Waals surface area contributed by atoms with Crippen molar-refractivity contribution in [3.05, 3.63) is 0 Å². The fraction of sp³-hybridized carbons (Fsp3) is 0.923. The molecule has 0 aliphatic carbocycles. The Bertz CT molecular complexity index is 209. The number of aldehydes is 1. The molecule has 8 nitrogen and oxygen atoms in total. The minimum atomic E-state index is 0.429. The van der Waals surface area contributed by atoms with Crippen LogP contribution in [0.25, 0.3) is 0 Å². The highest BCUT2D eigenvalue weighted by Crippen LogP contribution is 1.84. The molecule has 21 heavy (non-hydrogen) atoms. The number of hydrogen-bond donors (Lipinski definition) is 2. The Morgan fingerprint density at radius 2 is 1.05 bits per heavy atom. The zero-order valence-corrected chi connectivity index (χ0v) is 12.6. The van der Waals surface area contributed by atoms with Crippen LogP contribution in [0.4, 0.5) is 0 Å². The average molecular weight is 308 g/mol. The van der Waals surface area contributed by atoms with Crippen LogP contribution < -0.4 is 11.3 Å². The van der Waals surface area contributed by atoms with E-state index in [-0.39, 0.29) is 0 Å². The molecule has 0 amide bonds. The van der Waals surface area contributed by atoms with Gasteiger partial charge in [-0.1, -0.05) is 0 Å². The molecule has 0 saturated heterocycles. The Morgan fingerprint density at radius 1 is 0.667 bits per heavy atom. The SMILES string of the molecule is NNCCOCCOCCOCCOCCOCCC=O. The van der Waals surface area contributed by atoms with Gasteiger partial charge in [-0.15, -0.1) is 0 Å². The third-order valence-electron chi connectivity index (χ3n) is 2.26. The number of carbonyl (C=O) groups is 1. The minimum Gasteiger partial charge on any atom is -0.379 e. The van der Waals surface area contributed by atoms with E-state index in [4.69, 9.17) is 29.5 Å². The Balaban J connectivity index is 2.91. The molecule has 0 radical (unpaired) electrons. The number of hydrogen-bond acceptors (Lipinski definition) is 8. The molecule has 0 aromatic heterocycles. The van der Waals surface area contributed by atoms with Crippen LogP contribution in [0.5, 0.6) is 0 Å². The summed E-state index contributed by atoms with van der Waals surface area (Å²) in [6.45, 7) is 5.87. The monoisotopic (exact) mass is 308 g/mol. The molecule has 3 N–H and O–H groups in total. The van der Waals surface area contributed by atoms with Gasteiger partial charge in [-0.2, -0.15) is 0 Å². The maximum atomic E-state index is 10.0. The molecule has 126 valence electrons. The van der Waals surface area contributed by atoms with Crippen LogP contribution in [0, 0.1) is 0 Å². The van der Waals surface area contributed by atoms with Crippen LogP contribution in [-0.2, 0) is 28.5 Å². The van der Waals surface area contributed by atoms with Gasteiger partial charge in [0.2, 0.25) is 0 Å². The van der Waals surface area contributed by atoms with E-state index in [1.807, 2.05) is 0 Å². The third-order valence-corrected chi connectivity index (χ3v) is 2.26. The number of nitrogens with one attached hydrogen (secondary N) is 1. The van der Waals surface area contributed by atoms with E-state index < -0.39 is 0 Å². The van der Waals surface area contributed by atoms with E-state index in [2.05, 4.69) is 5.43 Å². The Kier molecular flexibility index (Phi) is 18.8. The molecule has 0 unspecified atom stereocenters. The molecule has 0 spiro atoms. The van der Waals surface area contributed by atoms with Gasteiger partial charge in [0.25, 0.3) is 0 Å². The van der Waals surface area contributed by atoms with Crippen LogP contribution in [0.1, 0.15) is 6.42 Å². The lowest BCUT2D eigenvalue weighted by atomic mass is 10.5. The van der Waals surface area contributed by atoms with E-state index in [0.717, 1.165) is 6.29 Å². The lowest BCUT2D eigenvalue weighted by Gasteiger charge is -2.07. The van der Waals surface area contributed by atoms with Crippen molar-refractivity contribution >= 4 is 6.29 Å². The number of carbonyl (C=O) groups excluding carboxylic acids is 1. The van der Waals surface area contributed by atoms with Gasteiger partial charge in [-0.25, -0.2) is 0 Å². The number of nitrogens with two attached hydrogens (primary N) is 1. The second-order valence-corrected chi connectivity index (χ2v) is 3.97. The topological polar surface area (TPSA) is 101 Å². The van der Waals surface area contributed by atoms with Crippen molar-refractivity contribution in [3.8, 4) is 0 Å². The van der Waals surface area contributed by atoms with Crippen molar-refractivity contribution in [2.75, 3.05) is 72.6 Å². The highest BCUT2D eigenvalue weighted by molar-refractivity contribution is 5.49. The van der Waals surface area contributed by atoms with Gasteiger partial charge in [0.1, 0.15) is 6.29 Å². The van der Waals surface area contributed by atoms with E-state index in [1.54, 1.807) is 0 Å². The molecule has 0 aliphatic rings.